The standard InChI is InChI=1S/C14H14N2O3S/c15-11-3-1-6-14(9-11)20-8-7-19-13-5-2-4-12(10-13)16(17)18/h1-6,9-10H,7-8,15H2. The Balaban J connectivity index is 1.81. The second-order valence-corrected chi connectivity index (χ2v) is 5.19. The van der Waals surface area contributed by atoms with E-state index in [0.717, 1.165) is 16.3 Å². The zero-order chi connectivity index (χ0) is 14.4. The van der Waals surface area contributed by atoms with Crippen LogP contribution in [0.4, 0.5) is 11.4 Å². The van der Waals surface area contributed by atoms with Crippen LogP contribution >= 0.6 is 11.8 Å². The topological polar surface area (TPSA) is 78.4 Å². The Morgan fingerprint density at radius 3 is 2.75 bits per heavy atom. The minimum Gasteiger partial charge on any atom is -0.492 e. The zero-order valence-corrected chi connectivity index (χ0v) is 11.5. The lowest BCUT2D eigenvalue weighted by Crippen LogP contribution is -2.00. The zero-order valence-electron chi connectivity index (χ0n) is 10.7. The molecule has 2 rings (SSSR count). The van der Waals surface area contributed by atoms with Crippen molar-refractivity contribution in [2.45, 2.75) is 4.90 Å². The van der Waals surface area contributed by atoms with Gasteiger partial charge in [0.1, 0.15) is 5.75 Å². The number of thioether (sulfide) groups is 1. The Bertz CT molecular complexity index is 604. The third kappa shape index (κ3) is 4.17. The maximum Gasteiger partial charge on any atom is 0.273 e. The van der Waals surface area contributed by atoms with Crippen molar-refractivity contribution in [1.82, 2.24) is 0 Å². The number of anilines is 1. The summed E-state index contributed by atoms with van der Waals surface area (Å²) in [6.07, 6.45) is 0. The molecule has 20 heavy (non-hydrogen) atoms. The van der Waals surface area contributed by atoms with Gasteiger partial charge in [0.25, 0.3) is 5.69 Å². The van der Waals surface area contributed by atoms with Gasteiger partial charge in [-0.15, -0.1) is 11.8 Å². The van der Waals surface area contributed by atoms with E-state index in [0.29, 0.717) is 12.4 Å². The molecule has 0 amide bonds. The molecule has 2 aromatic carbocycles. The quantitative estimate of drug-likeness (QED) is 0.290. The van der Waals surface area contributed by atoms with Crippen LogP contribution in [0.25, 0.3) is 0 Å². The van der Waals surface area contributed by atoms with Crippen LogP contribution in [0.1, 0.15) is 0 Å². The first kappa shape index (κ1) is 14.2. The van der Waals surface area contributed by atoms with Crippen LogP contribution in [0.5, 0.6) is 5.75 Å². The fourth-order valence-corrected chi connectivity index (χ4v) is 2.41. The molecule has 2 N–H and O–H groups in total. The Hall–Kier alpha value is -2.21. The molecular weight excluding hydrogens is 276 g/mol. The number of benzene rings is 2. The SMILES string of the molecule is Nc1cccc(SCCOc2cccc([N+](=O)[O-])c2)c1. The second-order valence-electron chi connectivity index (χ2n) is 4.02. The van der Waals surface area contributed by atoms with Crippen LogP contribution in [-0.4, -0.2) is 17.3 Å². The van der Waals surface area contributed by atoms with Gasteiger partial charge in [0, 0.05) is 22.4 Å². The van der Waals surface area contributed by atoms with Crippen molar-refractivity contribution in [2.75, 3.05) is 18.1 Å². The normalized spacial score (nSPS) is 10.2. The van der Waals surface area contributed by atoms with Gasteiger partial charge in [-0.2, -0.15) is 0 Å². The Labute approximate surface area is 120 Å². The number of non-ortho nitro benzene ring substituents is 1. The summed E-state index contributed by atoms with van der Waals surface area (Å²) in [5.74, 6) is 1.25. The van der Waals surface area contributed by atoms with E-state index in [1.165, 1.54) is 12.1 Å². The summed E-state index contributed by atoms with van der Waals surface area (Å²) in [5.41, 5.74) is 6.45. The lowest BCUT2D eigenvalue weighted by molar-refractivity contribution is -0.384. The largest absolute Gasteiger partial charge is 0.492 e. The van der Waals surface area contributed by atoms with Gasteiger partial charge in [-0.25, -0.2) is 0 Å². The highest BCUT2D eigenvalue weighted by molar-refractivity contribution is 7.99. The molecule has 0 saturated heterocycles. The molecule has 0 bridgehead atoms. The van der Waals surface area contributed by atoms with E-state index in [4.69, 9.17) is 10.5 Å². The fourth-order valence-electron chi connectivity index (χ4n) is 1.61. The molecule has 5 nitrogen and oxygen atoms in total. The summed E-state index contributed by atoms with van der Waals surface area (Å²) in [6, 6.07) is 13.8. The second kappa shape index (κ2) is 6.81. The molecule has 0 atom stereocenters. The number of ether oxygens (including phenoxy) is 1. The third-order valence-corrected chi connectivity index (χ3v) is 3.47. The van der Waals surface area contributed by atoms with Gasteiger partial charge >= 0.3 is 0 Å². The highest BCUT2D eigenvalue weighted by Crippen LogP contribution is 2.22. The van der Waals surface area contributed by atoms with Crippen molar-refractivity contribution in [3.63, 3.8) is 0 Å². The van der Waals surface area contributed by atoms with Crippen molar-refractivity contribution in [2.24, 2.45) is 0 Å². The van der Waals surface area contributed by atoms with E-state index in [1.54, 1.807) is 23.9 Å². The number of nitrogens with two attached hydrogens (primary N) is 1. The maximum absolute atomic E-state index is 10.6. The summed E-state index contributed by atoms with van der Waals surface area (Å²) in [5, 5.41) is 10.6. The number of hydrogen-bond acceptors (Lipinski definition) is 5. The van der Waals surface area contributed by atoms with Crippen molar-refractivity contribution >= 4 is 23.1 Å². The maximum atomic E-state index is 10.6. The molecular formula is C14H14N2O3S. The summed E-state index contributed by atoms with van der Waals surface area (Å²) < 4.78 is 5.49. The first-order valence-corrected chi connectivity index (χ1v) is 6.99. The van der Waals surface area contributed by atoms with E-state index < -0.39 is 4.92 Å². The summed E-state index contributed by atoms with van der Waals surface area (Å²) >= 11 is 1.63. The van der Waals surface area contributed by atoms with Gasteiger partial charge in [-0.1, -0.05) is 12.1 Å². The minimum absolute atomic E-state index is 0.0333. The molecule has 0 heterocycles. The van der Waals surface area contributed by atoms with Crippen LogP contribution in [-0.2, 0) is 0 Å². The Kier molecular flexibility index (Phi) is 4.84. The molecule has 0 aliphatic rings. The van der Waals surface area contributed by atoms with E-state index in [2.05, 4.69) is 0 Å². The molecule has 0 fully saturated rings. The summed E-state index contributed by atoms with van der Waals surface area (Å²) in [4.78, 5) is 11.3. The smallest absolute Gasteiger partial charge is 0.273 e. The van der Waals surface area contributed by atoms with Gasteiger partial charge in [0.15, 0.2) is 0 Å². The average Bonchev–Trinajstić information content (AvgIpc) is 2.44. The van der Waals surface area contributed by atoms with E-state index in [9.17, 15) is 10.1 Å². The number of hydrogen-bond donors (Lipinski definition) is 1. The minimum atomic E-state index is -0.436. The number of nitro groups is 1. The van der Waals surface area contributed by atoms with Gasteiger partial charge < -0.3 is 10.5 Å². The lowest BCUT2D eigenvalue weighted by Gasteiger charge is -2.06. The number of nitrogen functional groups attached to an aromatic ring is 1. The predicted molar refractivity (Wildman–Crippen MR) is 80.2 cm³/mol. The number of nitro benzene ring substituents is 1. The molecule has 104 valence electrons. The molecule has 0 spiro atoms. The van der Waals surface area contributed by atoms with Crippen molar-refractivity contribution in [1.29, 1.82) is 0 Å². The number of nitrogens with zero attached hydrogens (tertiary/aromatic N) is 1. The van der Waals surface area contributed by atoms with Crippen LogP contribution in [0.2, 0.25) is 0 Å². The molecule has 0 radical (unpaired) electrons. The monoisotopic (exact) mass is 290 g/mol. The molecule has 0 unspecified atom stereocenters. The number of rotatable bonds is 6. The van der Waals surface area contributed by atoms with Gasteiger partial charge in [-0.3, -0.25) is 10.1 Å². The van der Waals surface area contributed by atoms with E-state index in [-0.39, 0.29) is 5.69 Å². The molecule has 0 aromatic heterocycles. The first-order valence-electron chi connectivity index (χ1n) is 6.01. The van der Waals surface area contributed by atoms with Crippen LogP contribution in [0.15, 0.2) is 53.4 Å². The molecule has 0 aliphatic carbocycles. The highest BCUT2D eigenvalue weighted by Gasteiger charge is 2.06. The molecule has 0 saturated carbocycles. The Morgan fingerprint density at radius 2 is 2.00 bits per heavy atom. The van der Waals surface area contributed by atoms with Gasteiger partial charge in [0.05, 0.1) is 17.6 Å². The average molecular weight is 290 g/mol. The van der Waals surface area contributed by atoms with Crippen LogP contribution < -0.4 is 10.5 Å². The molecule has 0 aliphatic heterocycles. The fraction of sp³-hybridized carbons (Fsp3) is 0.143. The van der Waals surface area contributed by atoms with E-state index in [1.807, 2.05) is 24.3 Å². The van der Waals surface area contributed by atoms with Crippen LogP contribution in [0.3, 0.4) is 0 Å². The first-order chi connectivity index (χ1) is 9.65. The molecule has 6 heteroatoms. The van der Waals surface area contributed by atoms with Crippen LogP contribution in [0, 0.1) is 10.1 Å². The predicted octanol–water partition coefficient (Wildman–Crippen LogP) is 3.35. The van der Waals surface area contributed by atoms with Gasteiger partial charge in [0.2, 0.25) is 0 Å². The van der Waals surface area contributed by atoms with E-state index >= 15 is 0 Å². The summed E-state index contributed by atoms with van der Waals surface area (Å²) in [7, 11) is 0. The van der Waals surface area contributed by atoms with Crippen molar-refractivity contribution < 1.29 is 9.66 Å². The summed E-state index contributed by atoms with van der Waals surface area (Å²) in [6.45, 7) is 0.473. The van der Waals surface area contributed by atoms with Crippen molar-refractivity contribution in [3.8, 4) is 5.75 Å². The molecule has 2 aromatic rings. The lowest BCUT2D eigenvalue weighted by atomic mass is 10.3. The van der Waals surface area contributed by atoms with Gasteiger partial charge in [-0.05, 0) is 24.3 Å². The van der Waals surface area contributed by atoms with Crippen molar-refractivity contribution in [3.05, 3.63) is 58.6 Å². The Morgan fingerprint density at radius 1 is 1.20 bits per heavy atom. The highest BCUT2D eigenvalue weighted by atomic mass is 32.2. The third-order valence-electron chi connectivity index (χ3n) is 2.51.